The first-order valence-corrected chi connectivity index (χ1v) is 9.22. The van der Waals surface area contributed by atoms with Gasteiger partial charge in [0, 0.05) is 5.39 Å². The molecule has 1 aromatic heterocycles. The highest BCUT2D eigenvalue weighted by molar-refractivity contribution is 7.13. The number of hydrogen-bond acceptors (Lipinski definition) is 6. The smallest absolute Gasteiger partial charge is 0.278 e. The van der Waals surface area contributed by atoms with Crippen molar-refractivity contribution in [2.24, 2.45) is 11.1 Å². The molecule has 6 nitrogen and oxygen atoms in total. The molecular weight excluding hydrogens is 364 g/mol. The highest BCUT2D eigenvalue weighted by Gasteiger charge is 2.57. The number of fused-ring (bicyclic) bond motifs is 2. The van der Waals surface area contributed by atoms with E-state index >= 15 is 0 Å². The second-order valence-electron chi connectivity index (χ2n) is 6.30. The standard InChI is InChI=1S/C20H12N2O4S/c23-17(14-9-4-10-27-14)16-15-18(26-21-16)20(25)22(19(15)24)13-8-3-6-11-5-1-2-7-12(11)13/h1-10,15,18H/t15-,18+/m1/s1. The number of anilines is 1. The number of benzene rings is 2. The molecule has 0 bridgehead atoms. The fourth-order valence-electron chi connectivity index (χ4n) is 3.54. The van der Waals surface area contributed by atoms with Gasteiger partial charge in [-0.25, -0.2) is 4.90 Å². The molecule has 1 saturated heterocycles. The summed E-state index contributed by atoms with van der Waals surface area (Å²) in [5, 5.41) is 7.24. The number of oxime groups is 1. The molecule has 3 aromatic rings. The SMILES string of the molecule is O=C(C1=NO[C@@H]2C(=O)N(c3cccc4ccccc34)C(=O)[C@H]12)c1cccs1. The first-order valence-electron chi connectivity index (χ1n) is 8.34. The van der Waals surface area contributed by atoms with Crippen LogP contribution < -0.4 is 4.90 Å². The van der Waals surface area contributed by atoms with Gasteiger partial charge in [0.1, 0.15) is 11.6 Å². The zero-order valence-corrected chi connectivity index (χ0v) is 14.7. The van der Waals surface area contributed by atoms with Gasteiger partial charge < -0.3 is 4.84 Å². The maximum atomic E-state index is 13.1. The largest absolute Gasteiger partial charge is 0.381 e. The Balaban J connectivity index is 1.56. The van der Waals surface area contributed by atoms with E-state index < -0.39 is 23.8 Å². The lowest BCUT2D eigenvalue weighted by atomic mass is 9.96. The molecule has 7 heteroatoms. The van der Waals surface area contributed by atoms with Gasteiger partial charge >= 0.3 is 0 Å². The Morgan fingerprint density at radius 2 is 1.81 bits per heavy atom. The van der Waals surface area contributed by atoms with Gasteiger partial charge in [-0.15, -0.1) is 11.3 Å². The first kappa shape index (κ1) is 15.9. The summed E-state index contributed by atoms with van der Waals surface area (Å²) in [5.41, 5.74) is 0.479. The zero-order chi connectivity index (χ0) is 18.5. The Labute approximate surface area is 157 Å². The first-order chi connectivity index (χ1) is 13.2. The lowest BCUT2D eigenvalue weighted by Gasteiger charge is -2.17. The van der Waals surface area contributed by atoms with Crippen LogP contribution in [0.5, 0.6) is 0 Å². The summed E-state index contributed by atoms with van der Waals surface area (Å²) in [6.07, 6.45) is -1.09. The monoisotopic (exact) mass is 376 g/mol. The second kappa shape index (κ2) is 5.85. The molecule has 2 aromatic carbocycles. The zero-order valence-electron chi connectivity index (χ0n) is 13.9. The van der Waals surface area contributed by atoms with Crippen LogP contribution in [-0.2, 0) is 14.4 Å². The summed E-state index contributed by atoms with van der Waals surface area (Å²) in [4.78, 5) is 45.5. The normalized spacial score (nSPS) is 21.3. The molecule has 0 radical (unpaired) electrons. The molecule has 2 atom stereocenters. The van der Waals surface area contributed by atoms with Crippen molar-refractivity contribution in [3.63, 3.8) is 0 Å². The summed E-state index contributed by atoms with van der Waals surface area (Å²) in [6, 6.07) is 16.3. The van der Waals surface area contributed by atoms with Crippen molar-refractivity contribution in [3.8, 4) is 0 Å². The van der Waals surface area contributed by atoms with Crippen molar-refractivity contribution in [2.75, 3.05) is 4.90 Å². The summed E-state index contributed by atoms with van der Waals surface area (Å²) in [7, 11) is 0. The number of thiophene rings is 1. The summed E-state index contributed by atoms with van der Waals surface area (Å²) >= 11 is 1.26. The number of amides is 2. The molecule has 2 amide bonds. The second-order valence-corrected chi connectivity index (χ2v) is 7.24. The molecule has 132 valence electrons. The number of hydrogen-bond donors (Lipinski definition) is 0. The van der Waals surface area contributed by atoms with E-state index in [1.807, 2.05) is 30.3 Å². The lowest BCUT2D eigenvalue weighted by Crippen LogP contribution is -2.34. The van der Waals surface area contributed by atoms with E-state index in [0.29, 0.717) is 10.6 Å². The molecule has 0 aliphatic carbocycles. The average molecular weight is 376 g/mol. The van der Waals surface area contributed by atoms with Crippen LogP contribution in [0, 0.1) is 5.92 Å². The van der Waals surface area contributed by atoms with E-state index in [9.17, 15) is 14.4 Å². The molecule has 2 aliphatic heterocycles. The Morgan fingerprint density at radius 1 is 1.00 bits per heavy atom. The van der Waals surface area contributed by atoms with Crippen LogP contribution in [-0.4, -0.2) is 29.4 Å². The van der Waals surface area contributed by atoms with Crippen molar-refractivity contribution >= 4 is 51.1 Å². The molecule has 0 unspecified atom stereocenters. The van der Waals surface area contributed by atoms with Gasteiger partial charge in [-0.3, -0.25) is 14.4 Å². The maximum absolute atomic E-state index is 13.1. The van der Waals surface area contributed by atoms with Crippen molar-refractivity contribution in [1.29, 1.82) is 0 Å². The highest BCUT2D eigenvalue weighted by atomic mass is 32.1. The van der Waals surface area contributed by atoms with E-state index in [1.165, 1.54) is 11.3 Å². The van der Waals surface area contributed by atoms with E-state index in [-0.39, 0.29) is 11.5 Å². The number of ketones is 1. The Kier molecular flexibility index (Phi) is 3.45. The number of rotatable bonds is 3. The molecule has 0 saturated carbocycles. The van der Waals surface area contributed by atoms with Gasteiger partial charge in [0.15, 0.2) is 0 Å². The number of imide groups is 1. The maximum Gasteiger partial charge on any atom is 0.278 e. The highest BCUT2D eigenvalue weighted by Crippen LogP contribution is 2.37. The predicted molar refractivity (Wildman–Crippen MR) is 101 cm³/mol. The third kappa shape index (κ3) is 2.25. The van der Waals surface area contributed by atoms with Crippen LogP contribution in [0.15, 0.2) is 65.1 Å². The molecule has 3 heterocycles. The lowest BCUT2D eigenvalue weighted by molar-refractivity contribution is -0.126. The van der Waals surface area contributed by atoms with Gasteiger partial charge in [-0.1, -0.05) is 47.6 Å². The summed E-state index contributed by atoms with van der Waals surface area (Å²) in [6.45, 7) is 0. The molecule has 0 N–H and O–H groups in total. The van der Waals surface area contributed by atoms with E-state index in [4.69, 9.17) is 4.84 Å². The predicted octanol–water partition coefficient (Wildman–Crippen LogP) is 3.03. The molecule has 1 fully saturated rings. The van der Waals surface area contributed by atoms with E-state index in [2.05, 4.69) is 5.16 Å². The Bertz CT molecular complexity index is 1130. The minimum absolute atomic E-state index is 0.0106. The number of carbonyl (C=O) groups excluding carboxylic acids is 3. The van der Waals surface area contributed by atoms with Crippen LogP contribution in [0.2, 0.25) is 0 Å². The Hall–Kier alpha value is -3.32. The van der Waals surface area contributed by atoms with Crippen molar-refractivity contribution in [2.45, 2.75) is 6.10 Å². The minimum atomic E-state index is -1.09. The summed E-state index contributed by atoms with van der Waals surface area (Å²) in [5.74, 6) is -2.37. The van der Waals surface area contributed by atoms with Crippen LogP contribution >= 0.6 is 11.3 Å². The minimum Gasteiger partial charge on any atom is -0.381 e. The Morgan fingerprint density at radius 3 is 2.63 bits per heavy atom. The van der Waals surface area contributed by atoms with Crippen LogP contribution in [0.4, 0.5) is 5.69 Å². The third-order valence-corrected chi connectivity index (χ3v) is 5.67. The van der Waals surface area contributed by atoms with Crippen LogP contribution in [0.3, 0.4) is 0 Å². The van der Waals surface area contributed by atoms with Gasteiger partial charge in [-0.2, -0.15) is 0 Å². The van der Waals surface area contributed by atoms with Gasteiger partial charge in [0.2, 0.25) is 17.8 Å². The fraction of sp³-hybridized carbons (Fsp3) is 0.100. The van der Waals surface area contributed by atoms with Crippen molar-refractivity contribution in [3.05, 3.63) is 64.9 Å². The summed E-state index contributed by atoms with van der Waals surface area (Å²) < 4.78 is 0. The molecule has 0 spiro atoms. The van der Waals surface area contributed by atoms with Crippen molar-refractivity contribution < 1.29 is 19.2 Å². The number of nitrogens with zero attached hydrogens (tertiary/aromatic N) is 2. The average Bonchev–Trinajstić information content (AvgIpc) is 3.41. The molecule has 5 rings (SSSR count). The van der Waals surface area contributed by atoms with Gasteiger partial charge in [0.25, 0.3) is 5.91 Å². The van der Waals surface area contributed by atoms with Crippen molar-refractivity contribution in [1.82, 2.24) is 0 Å². The van der Waals surface area contributed by atoms with Gasteiger partial charge in [-0.05, 0) is 22.9 Å². The topological polar surface area (TPSA) is 76.0 Å². The third-order valence-electron chi connectivity index (χ3n) is 4.80. The molecule has 27 heavy (non-hydrogen) atoms. The number of carbonyl (C=O) groups is 3. The van der Waals surface area contributed by atoms with Gasteiger partial charge in [0.05, 0.1) is 10.6 Å². The number of Topliss-reactive ketones (excluding diaryl/α,β-unsaturated/α-hetero) is 1. The molecular formula is C20H12N2O4S. The van der Waals surface area contributed by atoms with E-state index in [0.717, 1.165) is 15.7 Å². The fourth-order valence-corrected chi connectivity index (χ4v) is 4.21. The van der Waals surface area contributed by atoms with Crippen LogP contribution in [0.1, 0.15) is 9.67 Å². The van der Waals surface area contributed by atoms with Crippen LogP contribution in [0.25, 0.3) is 10.8 Å². The van der Waals surface area contributed by atoms with E-state index in [1.54, 1.807) is 29.6 Å². The molecule has 2 aliphatic rings. The quantitative estimate of drug-likeness (QED) is 0.520.